The Bertz CT molecular complexity index is 900. The number of carboxylic acid groups (broad SMARTS) is 1. The molecule has 0 fully saturated rings. The van der Waals surface area contributed by atoms with E-state index in [1.54, 1.807) is 26.0 Å². The molecule has 0 aliphatic carbocycles. The maximum atomic E-state index is 12.7. The molecule has 13 nitrogen and oxygen atoms in total. The molecule has 1 aromatic carbocycles. The second kappa shape index (κ2) is 14.4. The fourth-order valence-corrected chi connectivity index (χ4v) is 3.06. The average Bonchev–Trinajstić information content (AvgIpc) is 2.78. The van der Waals surface area contributed by atoms with Crippen LogP contribution in [-0.2, 0) is 25.6 Å². The number of carbonyl (C=O) groups is 4. The highest BCUT2D eigenvalue weighted by Gasteiger charge is 2.28. The zero-order chi connectivity index (χ0) is 26.5. The SMILES string of the molecule is CC(C)C(NC(=O)C(CCCN=C(N)N)NC(=O)CNC(=O)C(N)Cc1ccc(O)cc1)C(=O)O. The minimum absolute atomic E-state index is 0.0865. The van der Waals surface area contributed by atoms with Crippen LogP contribution in [0.5, 0.6) is 5.75 Å². The number of nitrogens with one attached hydrogen (secondary N) is 3. The summed E-state index contributed by atoms with van der Waals surface area (Å²) < 4.78 is 0. The van der Waals surface area contributed by atoms with Gasteiger partial charge in [0.15, 0.2) is 5.96 Å². The van der Waals surface area contributed by atoms with Gasteiger partial charge in [-0.1, -0.05) is 26.0 Å². The molecule has 0 aliphatic heterocycles. The van der Waals surface area contributed by atoms with Crippen molar-refractivity contribution in [1.29, 1.82) is 0 Å². The summed E-state index contributed by atoms with van der Waals surface area (Å²) in [5, 5.41) is 26.0. The molecular weight excluding hydrogens is 458 g/mol. The Hall–Kier alpha value is -3.87. The third-order valence-electron chi connectivity index (χ3n) is 4.98. The Labute approximate surface area is 203 Å². The standard InChI is InChI=1S/C22H35N7O6/c1-12(2)18(21(34)35)29-20(33)16(4-3-9-26-22(24)25)28-17(31)11-27-19(32)15(23)10-13-5-7-14(30)8-6-13/h5-8,12,15-16,18,30H,3-4,9-11,23H2,1-2H3,(H,27,32)(H,28,31)(H,29,33)(H,34,35)(H4,24,25,26). The van der Waals surface area contributed by atoms with Gasteiger partial charge in [0.25, 0.3) is 0 Å². The van der Waals surface area contributed by atoms with Crippen molar-refractivity contribution in [3.63, 3.8) is 0 Å². The van der Waals surface area contributed by atoms with E-state index in [0.29, 0.717) is 6.42 Å². The molecule has 0 saturated heterocycles. The van der Waals surface area contributed by atoms with Crippen molar-refractivity contribution in [2.75, 3.05) is 13.1 Å². The number of aliphatic carboxylic acids is 1. The van der Waals surface area contributed by atoms with Crippen LogP contribution in [0.2, 0.25) is 0 Å². The molecule has 3 unspecified atom stereocenters. The van der Waals surface area contributed by atoms with Crippen LogP contribution in [0.1, 0.15) is 32.3 Å². The first-order valence-electron chi connectivity index (χ1n) is 11.1. The summed E-state index contributed by atoms with van der Waals surface area (Å²) in [5.74, 6) is -3.53. The smallest absolute Gasteiger partial charge is 0.326 e. The van der Waals surface area contributed by atoms with Crippen LogP contribution >= 0.6 is 0 Å². The van der Waals surface area contributed by atoms with Gasteiger partial charge in [0.05, 0.1) is 12.6 Å². The summed E-state index contributed by atoms with van der Waals surface area (Å²) in [5.41, 5.74) is 17.2. The lowest BCUT2D eigenvalue weighted by atomic mass is 10.0. The number of benzene rings is 1. The molecule has 35 heavy (non-hydrogen) atoms. The molecule has 0 aromatic heterocycles. The number of nitrogens with two attached hydrogens (primary N) is 3. The van der Waals surface area contributed by atoms with Gasteiger partial charge in [0.1, 0.15) is 17.8 Å². The number of aromatic hydroxyl groups is 1. The number of phenolic OH excluding ortho intramolecular Hbond substituents is 1. The van der Waals surface area contributed by atoms with E-state index in [9.17, 15) is 29.4 Å². The predicted molar refractivity (Wildman–Crippen MR) is 129 cm³/mol. The van der Waals surface area contributed by atoms with Crippen LogP contribution in [-0.4, -0.2) is 71.1 Å². The van der Waals surface area contributed by atoms with Crippen molar-refractivity contribution in [2.45, 2.75) is 51.2 Å². The lowest BCUT2D eigenvalue weighted by Crippen LogP contribution is -2.54. The van der Waals surface area contributed by atoms with E-state index in [1.807, 2.05) is 0 Å². The Balaban J connectivity index is 2.70. The molecule has 11 N–H and O–H groups in total. The zero-order valence-electron chi connectivity index (χ0n) is 19.9. The van der Waals surface area contributed by atoms with Crippen molar-refractivity contribution < 1.29 is 29.4 Å². The quantitative estimate of drug-likeness (QED) is 0.0823. The fourth-order valence-electron chi connectivity index (χ4n) is 3.06. The van der Waals surface area contributed by atoms with E-state index in [1.165, 1.54) is 12.1 Å². The number of nitrogens with zero attached hydrogens (tertiary/aromatic N) is 1. The normalized spacial score (nSPS) is 13.3. The van der Waals surface area contributed by atoms with Crippen LogP contribution in [0.25, 0.3) is 0 Å². The third-order valence-corrected chi connectivity index (χ3v) is 4.98. The fraction of sp³-hybridized carbons (Fsp3) is 0.500. The second-order valence-corrected chi connectivity index (χ2v) is 8.33. The summed E-state index contributed by atoms with van der Waals surface area (Å²) in [6.45, 7) is 3.05. The van der Waals surface area contributed by atoms with Gasteiger partial charge in [0, 0.05) is 6.54 Å². The van der Waals surface area contributed by atoms with Crippen LogP contribution in [0, 0.1) is 5.92 Å². The topological polar surface area (TPSA) is 235 Å². The summed E-state index contributed by atoms with van der Waals surface area (Å²) in [6, 6.07) is 3.05. The Kier molecular flexibility index (Phi) is 12.0. The first-order chi connectivity index (χ1) is 16.4. The summed E-state index contributed by atoms with van der Waals surface area (Å²) >= 11 is 0. The van der Waals surface area contributed by atoms with Crippen LogP contribution < -0.4 is 33.2 Å². The van der Waals surface area contributed by atoms with Crippen LogP contribution in [0.3, 0.4) is 0 Å². The number of guanidine groups is 1. The van der Waals surface area contributed by atoms with E-state index < -0.39 is 48.4 Å². The Morgan fingerprint density at radius 3 is 2.20 bits per heavy atom. The monoisotopic (exact) mass is 493 g/mol. The van der Waals surface area contributed by atoms with Gasteiger partial charge < -0.3 is 43.4 Å². The van der Waals surface area contributed by atoms with Gasteiger partial charge in [-0.2, -0.15) is 0 Å². The minimum Gasteiger partial charge on any atom is -0.508 e. The van der Waals surface area contributed by atoms with Crippen LogP contribution in [0.15, 0.2) is 29.3 Å². The third kappa shape index (κ3) is 11.2. The molecule has 0 radical (unpaired) electrons. The number of carboxylic acids is 1. The summed E-state index contributed by atoms with van der Waals surface area (Å²) in [6.07, 6.45) is 0.655. The van der Waals surface area contributed by atoms with Gasteiger partial charge in [-0.15, -0.1) is 0 Å². The predicted octanol–water partition coefficient (Wildman–Crippen LogP) is -1.86. The lowest BCUT2D eigenvalue weighted by Gasteiger charge is -2.23. The number of hydrogen-bond donors (Lipinski definition) is 8. The number of carbonyl (C=O) groups excluding carboxylic acids is 3. The van der Waals surface area contributed by atoms with E-state index in [-0.39, 0.29) is 37.0 Å². The number of amides is 3. The molecule has 0 saturated carbocycles. The average molecular weight is 494 g/mol. The zero-order valence-corrected chi connectivity index (χ0v) is 19.9. The molecule has 0 heterocycles. The van der Waals surface area contributed by atoms with Gasteiger partial charge in [-0.05, 0) is 42.9 Å². The molecule has 0 bridgehead atoms. The molecule has 1 rings (SSSR count). The van der Waals surface area contributed by atoms with Crippen molar-refractivity contribution >= 4 is 29.7 Å². The molecule has 1 aromatic rings. The highest BCUT2D eigenvalue weighted by molar-refractivity contribution is 5.92. The van der Waals surface area contributed by atoms with Crippen molar-refractivity contribution in [3.8, 4) is 5.75 Å². The number of aliphatic imine (C=N–C) groups is 1. The first kappa shape index (κ1) is 29.2. The molecule has 0 spiro atoms. The van der Waals surface area contributed by atoms with E-state index in [2.05, 4.69) is 20.9 Å². The largest absolute Gasteiger partial charge is 0.508 e. The van der Waals surface area contributed by atoms with Gasteiger partial charge in [0.2, 0.25) is 17.7 Å². The second-order valence-electron chi connectivity index (χ2n) is 8.33. The van der Waals surface area contributed by atoms with Crippen molar-refractivity contribution in [2.24, 2.45) is 28.1 Å². The summed E-state index contributed by atoms with van der Waals surface area (Å²) in [7, 11) is 0. The van der Waals surface area contributed by atoms with Gasteiger partial charge >= 0.3 is 5.97 Å². The van der Waals surface area contributed by atoms with Gasteiger partial charge in [-0.3, -0.25) is 19.4 Å². The Morgan fingerprint density at radius 1 is 1.03 bits per heavy atom. The maximum absolute atomic E-state index is 12.7. The molecule has 3 amide bonds. The van der Waals surface area contributed by atoms with Crippen molar-refractivity contribution in [3.05, 3.63) is 29.8 Å². The van der Waals surface area contributed by atoms with E-state index >= 15 is 0 Å². The van der Waals surface area contributed by atoms with Crippen molar-refractivity contribution in [1.82, 2.24) is 16.0 Å². The Morgan fingerprint density at radius 2 is 1.66 bits per heavy atom. The van der Waals surface area contributed by atoms with Crippen LogP contribution in [0.4, 0.5) is 0 Å². The first-order valence-corrected chi connectivity index (χ1v) is 11.1. The molecule has 194 valence electrons. The minimum atomic E-state index is -1.20. The number of rotatable bonds is 14. The molecular formula is C22H35N7O6. The number of phenols is 1. The molecule has 0 aliphatic rings. The maximum Gasteiger partial charge on any atom is 0.326 e. The summed E-state index contributed by atoms with van der Waals surface area (Å²) in [4.78, 5) is 52.6. The highest BCUT2D eigenvalue weighted by atomic mass is 16.4. The molecule has 13 heteroatoms. The molecule has 3 atom stereocenters. The van der Waals surface area contributed by atoms with E-state index in [0.717, 1.165) is 5.56 Å². The highest BCUT2D eigenvalue weighted by Crippen LogP contribution is 2.11. The number of hydrogen-bond acceptors (Lipinski definition) is 7. The van der Waals surface area contributed by atoms with Gasteiger partial charge in [-0.25, -0.2) is 4.79 Å². The van der Waals surface area contributed by atoms with E-state index in [4.69, 9.17) is 17.2 Å². The lowest BCUT2D eigenvalue weighted by molar-refractivity contribution is -0.143.